The lowest BCUT2D eigenvalue weighted by molar-refractivity contribution is -0.137. The first-order chi connectivity index (χ1) is 9.08. The highest BCUT2D eigenvalue weighted by atomic mass is 79.9. The van der Waals surface area contributed by atoms with E-state index in [1.165, 1.54) is 11.3 Å². The van der Waals surface area contributed by atoms with Crippen LogP contribution in [0.1, 0.15) is 22.8 Å². The van der Waals surface area contributed by atoms with Gasteiger partial charge < -0.3 is 4.74 Å². The van der Waals surface area contributed by atoms with E-state index in [0.717, 1.165) is 15.6 Å². The fourth-order valence-corrected chi connectivity index (χ4v) is 3.58. The zero-order valence-corrected chi connectivity index (χ0v) is 13.2. The first-order valence-electron chi connectivity index (χ1n) is 5.56. The van der Waals surface area contributed by atoms with E-state index in [1.807, 2.05) is 0 Å². The van der Waals surface area contributed by atoms with Gasteiger partial charge in [0.2, 0.25) is 0 Å². The van der Waals surface area contributed by atoms with Crippen LogP contribution in [0.3, 0.4) is 0 Å². The molecule has 0 saturated heterocycles. The van der Waals surface area contributed by atoms with Gasteiger partial charge in [-0.2, -0.15) is 0 Å². The number of carbonyl (C=O) groups excluding carboxylic acids is 2. The van der Waals surface area contributed by atoms with Crippen molar-refractivity contribution in [1.29, 1.82) is 0 Å². The van der Waals surface area contributed by atoms with Crippen molar-refractivity contribution >= 4 is 60.7 Å². The van der Waals surface area contributed by atoms with Crippen molar-refractivity contribution in [2.75, 3.05) is 6.61 Å². The lowest BCUT2D eigenvalue weighted by Gasteiger charge is -2.07. The van der Waals surface area contributed by atoms with E-state index in [2.05, 4.69) is 15.9 Å². The van der Waals surface area contributed by atoms with E-state index in [-0.39, 0.29) is 6.61 Å². The van der Waals surface area contributed by atoms with Crippen LogP contribution in [-0.2, 0) is 14.9 Å². The predicted octanol–water partition coefficient (Wildman–Crippen LogP) is 4.20. The molecule has 1 heterocycles. The van der Waals surface area contributed by atoms with Crippen molar-refractivity contribution in [1.82, 2.24) is 0 Å². The van der Waals surface area contributed by atoms with Gasteiger partial charge in [-0.1, -0.05) is 27.5 Å². The minimum absolute atomic E-state index is 0.181. The van der Waals surface area contributed by atoms with Gasteiger partial charge in [0.25, 0.3) is 5.78 Å². The van der Waals surface area contributed by atoms with Gasteiger partial charge in [-0.25, -0.2) is 4.79 Å². The fourth-order valence-electron chi connectivity index (χ4n) is 1.80. The molecule has 6 heteroatoms. The summed E-state index contributed by atoms with van der Waals surface area (Å²) in [5, 5.41) is 1.36. The van der Waals surface area contributed by atoms with Crippen molar-refractivity contribution in [3.63, 3.8) is 0 Å². The van der Waals surface area contributed by atoms with Crippen molar-refractivity contribution in [3.8, 4) is 0 Å². The van der Waals surface area contributed by atoms with Crippen molar-refractivity contribution in [2.24, 2.45) is 0 Å². The maximum atomic E-state index is 12.0. The third kappa shape index (κ3) is 2.83. The van der Waals surface area contributed by atoms with E-state index < -0.39 is 11.8 Å². The molecule has 0 bridgehead atoms. The van der Waals surface area contributed by atoms with E-state index in [0.29, 0.717) is 15.2 Å². The smallest absolute Gasteiger partial charge is 0.379 e. The largest absolute Gasteiger partial charge is 0.460 e. The Bertz CT molecular complexity index is 651. The summed E-state index contributed by atoms with van der Waals surface area (Å²) < 4.78 is 6.38. The maximum Gasteiger partial charge on any atom is 0.379 e. The summed E-state index contributed by atoms with van der Waals surface area (Å²) in [7, 11) is 0. The van der Waals surface area contributed by atoms with E-state index in [4.69, 9.17) is 16.3 Å². The topological polar surface area (TPSA) is 43.4 Å². The molecule has 2 rings (SSSR count). The Morgan fingerprint density at radius 1 is 1.42 bits per heavy atom. The van der Waals surface area contributed by atoms with E-state index >= 15 is 0 Å². The van der Waals surface area contributed by atoms with Crippen LogP contribution in [0.2, 0.25) is 4.34 Å². The normalized spacial score (nSPS) is 10.7. The molecule has 100 valence electrons. The fraction of sp³-hybridized carbons (Fsp3) is 0.231. The van der Waals surface area contributed by atoms with Gasteiger partial charge in [-0.3, -0.25) is 4.79 Å². The summed E-state index contributed by atoms with van der Waals surface area (Å²) in [6.45, 7) is 1.85. The predicted molar refractivity (Wildman–Crippen MR) is 80.4 cm³/mol. The molecule has 19 heavy (non-hydrogen) atoms. The van der Waals surface area contributed by atoms with Gasteiger partial charge in [0.15, 0.2) is 0 Å². The minimum atomic E-state index is -0.828. The average molecular weight is 362 g/mol. The molecule has 0 N–H and O–H groups in total. The maximum absolute atomic E-state index is 12.0. The molecule has 0 atom stereocenters. The highest BCUT2D eigenvalue weighted by Gasteiger charge is 2.22. The third-order valence-corrected chi connectivity index (χ3v) is 4.41. The van der Waals surface area contributed by atoms with Crippen LogP contribution in [0.4, 0.5) is 0 Å². The number of ether oxygens (including phenoxy) is 1. The molecule has 0 aliphatic heterocycles. The summed E-state index contributed by atoms with van der Waals surface area (Å²) in [6, 6.07) is 5.25. The molecule has 1 aromatic carbocycles. The SMILES string of the molecule is CCOC(=O)C(=O)c1ccc2sc(Cl)cc2c1CBr. The Kier molecular flexibility index (Phi) is 4.60. The monoisotopic (exact) mass is 360 g/mol. The van der Waals surface area contributed by atoms with Gasteiger partial charge in [-0.15, -0.1) is 11.3 Å². The van der Waals surface area contributed by atoms with Crippen molar-refractivity contribution in [3.05, 3.63) is 33.7 Å². The molecule has 0 spiro atoms. The first-order valence-corrected chi connectivity index (χ1v) is 7.88. The number of thiophene rings is 1. The third-order valence-electron chi connectivity index (χ3n) is 2.62. The molecular weight excluding hydrogens is 352 g/mol. The van der Waals surface area contributed by atoms with Gasteiger partial charge in [0.1, 0.15) is 0 Å². The molecule has 0 fully saturated rings. The highest BCUT2D eigenvalue weighted by molar-refractivity contribution is 9.08. The number of ketones is 1. The minimum Gasteiger partial charge on any atom is -0.460 e. The molecule has 2 aromatic rings. The number of halogens is 2. The van der Waals surface area contributed by atoms with Crippen LogP contribution in [0.15, 0.2) is 18.2 Å². The number of hydrogen-bond donors (Lipinski definition) is 0. The molecule has 0 unspecified atom stereocenters. The lowest BCUT2D eigenvalue weighted by atomic mass is 10.0. The molecule has 0 radical (unpaired) electrons. The van der Waals surface area contributed by atoms with Crippen LogP contribution in [-0.4, -0.2) is 18.4 Å². The number of esters is 1. The molecule has 1 aromatic heterocycles. The Labute approximate surface area is 127 Å². The van der Waals surface area contributed by atoms with Crippen molar-refractivity contribution in [2.45, 2.75) is 12.3 Å². The number of fused-ring (bicyclic) bond motifs is 1. The molecule has 0 amide bonds. The average Bonchev–Trinajstić information content (AvgIpc) is 2.77. The van der Waals surface area contributed by atoms with Crippen LogP contribution < -0.4 is 0 Å². The number of Topliss-reactive ketones (excluding diaryl/α,β-unsaturated/α-hetero) is 1. The first kappa shape index (κ1) is 14.5. The number of alkyl halides is 1. The van der Waals surface area contributed by atoms with Crippen LogP contribution >= 0.6 is 38.9 Å². The van der Waals surface area contributed by atoms with Crippen LogP contribution in [0.5, 0.6) is 0 Å². The van der Waals surface area contributed by atoms with E-state index in [1.54, 1.807) is 25.1 Å². The van der Waals surface area contributed by atoms with Crippen LogP contribution in [0, 0.1) is 0 Å². The quantitative estimate of drug-likeness (QED) is 0.355. The Hall–Kier alpha value is -0.910. The summed E-state index contributed by atoms with van der Waals surface area (Å²) in [5.74, 6) is -1.45. The zero-order chi connectivity index (χ0) is 14.0. The van der Waals surface area contributed by atoms with Gasteiger partial charge >= 0.3 is 5.97 Å². The molecule has 3 nitrogen and oxygen atoms in total. The highest BCUT2D eigenvalue weighted by Crippen LogP contribution is 2.34. The molecule has 0 aliphatic carbocycles. The number of benzene rings is 1. The molecule has 0 saturated carbocycles. The second kappa shape index (κ2) is 6.03. The second-order valence-corrected chi connectivity index (χ2v) is 6.01. The standard InChI is InChI=1S/C13H10BrClO3S/c1-2-18-13(17)12(16)7-3-4-10-8(9(7)6-14)5-11(15)19-10/h3-5H,2,6H2,1H3. The summed E-state index contributed by atoms with van der Waals surface area (Å²) in [6.07, 6.45) is 0. The van der Waals surface area contributed by atoms with Gasteiger partial charge in [-0.05, 0) is 36.1 Å². The van der Waals surface area contributed by atoms with E-state index in [9.17, 15) is 9.59 Å². The van der Waals surface area contributed by atoms with Crippen LogP contribution in [0.25, 0.3) is 10.1 Å². The van der Waals surface area contributed by atoms with Gasteiger partial charge in [0, 0.05) is 15.6 Å². The lowest BCUT2D eigenvalue weighted by Crippen LogP contribution is -2.18. The molecular formula is C13H10BrClO3S. The number of hydrogen-bond acceptors (Lipinski definition) is 4. The zero-order valence-electron chi connectivity index (χ0n) is 10.0. The Balaban J connectivity index is 2.54. The number of carbonyl (C=O) groups is 2. The van der Waals surface area contributed by atoms with Gasteiger partial charge in [0.05, 0.1) is 10.9 Å². The Morgan fingerprint density at radius 3 is 2.79 bits per heavy atom. The molecule has 0 aliphatic rings. The summed E-state index contributed by atoms with van der Waals surface area (Å²) in [5.41, 5.74) is 1.12. The number of rotatable bonds is 4. The second-order valence-electron chi connectivity index (χ2n) is 3.74. The Morgan fingerprint density at radius 2 is 2.16 bits per heavy atom. The van der Waals surface area contributed by atoms with Crippen molar-refractivity contribution < 1.29 is 14.3 Å². The summed E-state index contributed by atoms with van der Waals surface area (Å²) in [4.78, 5) is 23.6. The summed E-state index contributed by atoms with van der Waals surface area (Å²) >= 11 is 10.8.